The van der Waals surface area contributed by atoms with Gasteiger partial charge in [0.1, 0.15) is 0 Å². The lowest BCUT2D eigenvalue weighted by Gasteiger charge is -2.06. The van der Waals surface area contributed by atoms with Crippen LogP contribution in [0.3, 0.4) is 0 Å². The van der Waals surface area contributed by atoms with Crippen LogP contribution >= 0.6 is 38.9 Å². The molecule has 0 spiro atoms. The lowest BCUT2D eigenvalue weighted by atomic mass is 10.3. The number of hydrogen-bond donors (Lipinski definition) is 1. The monoisotopic (exact) mass is 366 g/mol. The van der Waals surface area contributed by atoms with Crippen molar-refractivity contribution in [3.05, 3.63) is 38.9 Å². The zero-order valence-corrected chi connectivity index (χ0v) is 13.1. The number of anilines is 1. The zero-order chi connectivity index (χ0) is 13.3. The van der Waals surface area contributed by atoms with Crippen LogP contribution in [0, 0.1) is 6.92 Å². The minimum Gasteiger partial charge on any atom is -0.279 e. The smallest absolute Gasteiger partial charge is 0.273 e. The van der Waals surface area contributed by atoms with Gasteiger partial charge in [0.2, 0.25) is 0 Å². The van der Waals surface area contributed by atoms with E-state index in [2.05, 4.69) is 25.6 Å². The molecule has 0 bridgehead atoms. The van der Waals surface area contributed by atoms with Gasteiger partial charge in [0.25, 0.3) is 10.0 Å². The first-order valence-electron chi connectivity index (χ1n) is 4.79. The SMILES string of the molecule is Cc1ncc(S(=O)(=O)Nc2ccc(Br)c(Cl)c2)s1. The molecule has 1 aromatic carbocycles. The van der Waals surface area contributed by atoms with E-state index in [9.17, 15) is 8.42 Å². The van der Waals surface area contributed by atoms with Crippen molar-refractivity contribution in [1.82, 2.24) is 4.98 Å². The molecule has 4 nitrogen and oxygen atoms in total. The van der Waals surface area contributed by atoms with Crippen molar-refractivity contribution in [3.63, 3.8) is 0 Å². The largest absolute Gasteiger partial charge is 0.279 e. The number of sulfonamides is 1. The molecule has 0 fully saturated rings. The molecule has 0 aliphatic carbocycles. The predicted octanol–water partition coefficient (Wildman–Crippen LogP) is 3.67. The van der Waals surface area contributed by atoms with Gasteiger partial charge in [-0.05, 0) is 41.1 Å². The van der Waals surface area contributed by atoms with Crippen molar-refractivity contribution in [2.45, 2.75) is 11.1 Å². The minimum atomic E-state index is -3.59. The number of nitrogens with zero attached hydrogens (tertiary/aromatic N) is 1. The van der Waals surface area contributed by atoms with Gasteiger partial charge >= 0.3 is 0 Å². The molecule has 0 radical (unpaired) electrons. The second kappa shape index (κ2) is 5.16. The molecular weight excluding hydrogens is 360 g/mol. The number of aromatic nitrogens is 1. The van der Waals surface area contributed by atoms with E-state index in [-0.39, 0.29) is 4.21 Å². The molecule has 1 aromatic heterocycles. The van der Waals surface area contributed by atoms with Crippen molar-refractivity contribution in [1.29, 1.82) is 0 Å². The van der Waals surface area contributed by atoms with Crippen LogP contribution in [0.4, 0.5) is 5.69 Å². The molecule has 0 aliphatic rings. The Hall–Kier alpha value is -0.630. The van der Waals surface area contributed by atoms with Crippen LogP contribution in [0.1, 0.15) is 5.01 Å². The quantitative estimate of drug-likeness (QED) is 0.900. The van der Waals surface area contributed by atoms with Gasteiger partial charge in [0, 0.05) is 4.47 Å². The van der Waals surface area contributed by atoms with Crippen molar-refractivity contribution >= 4 is 54.6 Å². The van der Waals surface area contributed by atoms with Crippen LogP contribution < -0.4 is 4.72 Å². The van der Waals surface area contributed by atoms with Crippen LogP contribution in [0.25, 0.3) is 0 Å². The van der Waals surface area contributed by atoms with Crippen LogP contribution in [0.2, 0.25) is 5.02 Å². The maximum atomic E-state index is 12.0. The number of halogens is 2. The Balaban J connectivity index is 2.30. The highest BCUT2D eigenvalue weighted by Crippen LogP contribution is 2.27. The van der Waals surface area contributed by atoms with E-state index in [1.807, 2.05) is 0 Å². The van der Waals surface area contributed by atoms with Crippen molar-refractivity contribution in [2.75, 3.05) is 4.72 Å². The van der Waals surface area contributed by atoms with Gasteiger partial charge in [-0.2, -0.15) is 0 Å². The number of benzene rings is 1. The van der Waals surface area contributed by atoms with Gasteiger partial charge in [-0.15, -0.1) is 11.3 Å². The number of hydrogen-bond acceptors (Lipinski definition) is 4. The summed E-state index contributed by atoms with van der Waals surface area (Å²) in [5.41, 5.74) is 0.411. The topological polar surface area (TPSA) is 59.1 Å². The Morgan fingerprint density at radius 1 is 1.44 bits per heavy atom. The summed E-state index contributed by atoms with van der Waals surface area (Å²) < 4.78 is 27.4. The number of aryl methyl sites for hydroxylation is 1. The lowest BCUT2D eigenvalue weighted by molar-refractivity contribution is 0.603. The van der Waals surface area contributed by atoms with Crippen LogP contribution in [0.15, 0.2) is 33.1 Å². The number of thiazole rings is 1. The summed E-state index contributed by atoms with van der Waals surface area (Å²) in [6.45, 7) is 1.75. The Kier molecular flexibility index (Phi) is 3.96. The van der Waals surface area contributed by atoms with Gasteiger partial charge in [0.05, 0.1) is 21.9 Å². The first kappa shape index (κ1) is 13.8. The number of rotatable bonds is 3. The van der Waals surface area contributed by atoms with E-state index in [0.29, 0.717) is 20.2 Å². The summed E-state index contributed by atoms with van der Waals surface area (Å²) in [6.07, 6.45) is 1.34. The molecular formula is C10H8BrClN2O2S2. The summed E-state index contributed by atoms with van der Waals surface area (Å²) in [6, 6.07) is 4.84. The first-order valence-corrected chi connectivity index (χ1v) is 8.26. The van der Waals surface area contributed by atoms with E-state index in [0.717, 1.165) is 11.3 Å². The summed E-state index contributed by atoms with van der Waals surface area (Å²) in [7, 11) is -3.59. The Morgan fingerprint density at radius 2 is 2.17 bits per heavy atom. The van der Waals surface area contributed by atoms with Crippen LogP contribution in [-0.4, -0.2) is 13.4 Å². The van der Waals surface area contributed by atoms with Gasteiger partial charge < -0.3 is 0 Å². The molecule has 8 heteroatoms. The second-order valence-electron chi connectivity index (χ2n) is 3.43. The van der Waals surface area contributed by atoms with Crippen LogP contribution in [-0.2, 0) is 10.0 Å². The van der Waals surface area contributed by atoms with Gasteiger partial charge in [0.15, 0.2) is 4.21 Å². The van der Waals surface area contributed by atoms with E-state index in [1.165, 1.54) is 12.3 Å². The summed E-state index contributed by atoms with van der Waals surface area (Å²) in [5.74, 6) is 0. The highest BCUT2D eigenvalue weighted by Gasteiger charge is 2.17. The fourth-order valence-electron chi connectivity index (χ4n) is 1.23. The highest BCUT2D eigenvalue weighted by molar-refractivity contribution is 9.10. The van der Waals surface area contributed by atoms with Gasteiger partial charge in [-0.3, -0.25) is 4.72 Å². The third-order valence-electron chi connectivity index (χ3n) is 2.04. The molecule has 2 rings (SSSR count). The molecule has 0 aliphatic heterocycles. The molecule has 0 atom stereocenters. The molecule has 0 saturated carbocycles. The van der Waals surface area contributed by atoms with E-state index in [1.54, 1.807) is 19.1 Å². The molecule has 18 heavy (non-hydrogen) atoms. The number of nitrogens with one attached hydrogen (secondary N) is 1. The molecule has 0 saturated heterocycles. The summed E-state index contributed by atoms with van der Waals surface area (Å²) in [5, 5.41) is 1.14. The minimum absolute atomic E-state index is 0.180. The molecule has 0 amide bonds. The third-order valence-corrected chi connectivity index (χ3v) is 6.02. The van der Waals surface area contributed by atoms with Crippen molar-refractivity contribution < 1.29 is 8.42 Å². The van der Waals surface area contributed by atoms with Gasteiger partial charge in [-0.25, -0.2) is 13.4 Å². The van der Waals surface area contributed by atoms with Gasteiger partial charge in [-0.1, -0.05) is 11.6 Å². The second-order valence-corrected chi connectivity index (χ2v) is 7.84. The first-order chi connectivity index (χ1) is 8.38. The fourth-order valence-corrected chi connectivity index (χ4v) is 3.82. The third kappa shape index (κ3) is 3.03. The fraction of sp³-hybridized carbons (Fsp3) is 0.100. The maximum absolute atomic E-state index is 12.0. The van der Waals surface area contributed by atoms with Crippen LogP contribution in [0.5, 0.6) is 0 Å². The average Bonchev–Trinajstić information content (AvgIpc) is 2.71. The molecule has 0 unspecified atom stereocenters. The highest BCUT2D eigenvalue weighted by atomic mass is 79.9. The van der Waals surface area contributed by atoms with Crippen molar-refractivity contribution in [2.24, 2.45) is 0 Å². The normalized spacial score (nSPS) is 11.5. The molecule has 1 N–H and O–H groups in total. The van der Waals surface area contributed by atoms with Crippen molar-refractivity contribution in [3.8, 4) is 0 Å². The maximum Gasteiger partial charge on any atom is 0.273 e. The molecule has 96 valence electrons. The standard InChI is InChI=1S/C10H8BrClN2O2S2/c1-6-13-5-10(17-6)18(15,16)14-7-2-3-8(11)9(12)4-7/h2-5,14H,1H3. The molecule has 1 heterocycles. The summed E-state index contributed by atoms with van der Waals surface area (Å²) >= 11 is 10.3. The summed E-state index contributed by atoms with van der Waals surface area (Å²) in [4.78, 5) is 3.92. The van der Waals surface area contributed by atoms with E-state index < -0.39 is 10.0 Å². The Bertz CT molecular complexity index is 685. The van der Waals surface area contributed by atoms with E-state index in [4.69, 9.17) is 11.6 Å². The molecule has 2 aromatic rings. The lowest BCUT2D eigenvalue weighted by Crippen LogP contribution is -2.11. The average molecular weight is 368 g/mol. The predicted molar refractivity (Wildman–Crippen MR) is 76.8 cm³/mol. The Labute approximate surface area is 122 Å². The Morgan fingerprint density at radius 3 is 2.72 bits per heavy atom. The van der Waals surface area contributed by atoms with E-state index >= 15 is 0 Å². The zero-order valence-electron chi connectivity index (χ0n) is 9.15.